The second-order valence-electron chi connectivity index (χ2n) is 7.51. The van der Waals surface area contributed by atoms with Gasteiger partial charge in [0.1, 0.15) is 19.0 Å². The van der Waals surface area contributed by atoms with E-state index in [0.717, 1.165) is 16.1 Å². The van der Waals surface area contributed by atoms with Gasteiger partial charge in [-0.3, -0.25) is 4.79 Å². The summed E-state index contributed by atoms with van der Waals surface area (Å²) in [7, 11) is 0. The maximum Gasteiger partial charge on any atom is 0.227 e. The highest BCUT2D eigenvalue weighted by molar-refractivity contribution is 7.09. The van der Waals surface area contributed by atoms with E-state index in [1.165, 1.54) is 12.1 Å². The van der Waals surface area contributed by atoms with E-state index in [1.54, 1.807) is 34.6 Å². The van der Waals surface area contributed by atoms with Crippen LogP contribution >= 0.6 is 11.3 Å². The standard InChI is InChI=1S/C25H21FN2O4S/c26-18-5-3-17(4-6-18)23-15-27-24(32-23)9-10-25(29)28(16-20-2-1-13-33-20)19-7-8-21-22(14-19)31-12-11-30-21/h1-8,13-15H,9-12,16H2. The molecule has 0 fully saturated rings. The van der Waals surface area contributed by atoms with Crippen LogP contribution in [0, 0.1) is 5.82 Å². The predicted molar refractivity (Wildman–Crippen MR) is 123 cm³/mol. The van der Waals surface area contributed by atoms with E-state index in [2.05, 4.69) is 4.98 Å². The summed E-state index contributed by atoms with van der Waals surface area (Å²) >= 11 is 1.60. The second-order valence-corrected chi connectivity index (χ2v) is 8.54. The first-order chi connectivity index (χ1) is 16.2. The van der Waals surface area contributed by atoms with Gasteiger partial charge in [-0.1, -0.05) is 6.07 Å². The van der Waals surface area contributed by atoms with Crippen LogP contribution in [0.15, 0.2) is 70.6 Å². The minimum Gasteiger partial charge on any atom is -0.486 e. The number of fused-ring (bicyclic) bond motifs is 1. The van der Waals surface area contributed by atoms with Crippen molar-refractivity contribution in [2.24, 2.45) is 0 Å². The fourth-order valence-electron chi connectivity index (χ4n) is 3.60. The predicted octanol–water partition coefficient (Wildman–Crippen LogP) is 5.48. The molecule has 0 N–H and O–H groups in total. The van der Waals surface area contributed by atoms with Crippen molar-refractivity contribution < 1.29 is 23.1 Å². The Kier molecular flexibility index (Phi) is 6.08. The van der Waals surface area contributed by atoms with Crippen molar-refractivity contribution in [3.8, 4) is 22.8 Å². The average Bonchev–Trinajstić information content (AvgIpc) is 3.53. The molecule has 0 unspecified atom stereocenters. The third-order valence-corrected chi connectivity index (χ3v) is 6.13. The maximum atomic E-state index is 13.3. The van der Waals surface area contributed by atoms with E-state index < -0.39 is 0 Å². The number of ether oxygens (including phenoxy) is 2. The molecule has 4 aromatic rings. The molecule has 1 aliphatic heterocycles. The van der Waals surface area contributed by atoms with Gasteiger partial charge in [-0.25, -0.2) is 9.37 Å². The van der Waals surface area contributed by atoms with Gasteiger partial charge in [0.15, 0.2) is 23.1 Å². The third kappa shape index (κ3) is 4.90. The number of aromatic nitrogens is 1. The molecule has 0 saturated carbocycles. The SMILES string of the molecule is O=C(CCc1ncc(-c2ccc(F)cc2)o1)N(Cc1cccs1)c1ccc2c(c1)OCCO2. The molecule has 1 amide bonds. The highest BCUT2D eigenvalue weighted by atomic mass is 32.1. The molecule has 1 aliphatic rings. The zero-order valence-corrected chi connectivity index (χ0v) is 18.5. The number of hydrogen-bond donors (Lipinski definition) is 0. The second kappa shape index (κ2) is 9.46. The molecule has 6 nitrogen and oxygen atoms in total. The molecule has 0 radical (unpaired) electrons. The fourth-order valence-corrected chi connectivity index (χ4v) is 4.30. The topological polar surface area (TPSA) is 64.8 Å². The molecule has 0 saturated heterocycles. The van der Waals surface area contributed by atoms with Crippen molar-refractivity contribution in [3.05, 3.63) is 82.8 Å². The average molecular weight is 465 g/mol. The number of hydrogen-bond acceptors (Lipinski definition) is 6. The lowest BCUT2D eigenvalue weighted by Crippen LogP contribution is -2.30. The van der Waals surface area contributed by atoms with Gasteiger partial charge in [0, 0.05) is 35.0 Å². The Balaban J connectivity index is 1.32. The summed E-state index contributed by atoms with van der Waals surface area (Å²) in [5, 5.41) is 1.99. The van der Waals surface area contributed by atoms with Gasteiger partial charge in [-0.05, 0) is 47.8 Å². The summed E-state index contributed by atoms with van der Waals surface area (Å²) in [4.78, 5) is 20.4. The third-order valence-electron chi connectivity index (χ3n) is 5.27. The van der Waals surface area contributed by atoms with Gasteiger partial charge in [0.25, 0.3) is 0 Å². The lowest BCUT2D eigenvalue weighted by molar-refractivity contribution is -0.118. The summed E-state index contributed by atoms with van der Waals surface area (Å²) in [6.07, 6.45) is 2.17. The van der Waals surface area contributed by atoms with Crippen molar-refractivity contribution >= 4 is 22.9 Å². The molecule has 2 aromatic heterocycles. The van der Waals surface area contributed by atoms with Gasteiger partial charge < -0.3 is 18.8 Å². The van der Waals surface area contributed by atoms with E-state index in [4.69, 9.17) is 13.9 Å². The van der Waals surface area contributed by atoms with Crippen LogP contribution in [0.3, 0.4) is 0 Å². The largest absolute Gasteiger partial charge is 0.486 e. The molecule has 3 heterocycles. The van der Waals surface area contributed by atoms with E-state index in [1.807, 2.05) is 35.7 Å². The normalized spacial score (nSPS) is 12.5. The molecule has 168 valence electrons. The zero-order valence-electron chi connectivity index (χ0n) is 17.7. The van der Waals surface area contributed by atoms with Gasteiger partial charge >= 0.3 is 0 Å². The number of aryl methyl sites for hydroxylation is 1. The van der Waals surface area contributed by atoms with Crippen LogP contribution in [0.5, 0.6) is 11.5 Å². The van der Waals surface area contributed by atoms with Crippen molar-refractivity contribution in [2.75, 3.05) is 18.1 Å². The van der Waals surface area contributed by atoms with E-state index in [-0.39, 0.29) is 18.1 Å². The zero-order chi connectivity index (χ0) is 22.6. The number of halogens is 1. The maximum absolute atomic E-state index is 13.3. The number of thiophene rings is 1. The Bertz CT molecular complexity index is 1240. The van der Waals surface area contributed by atoms with Crippen LogP contribution in [0.2, 0.25) is 0 Å². The molecular weight excluding hydrogens is 443 g/mol. The summed E-state index contributed by atoms with van der Waals surface area (Å²) in [6, 6.07) is 15.5. The van der Waals surface area contributed by atoms with Crippen LogP contribution in [0.4, 0.5) is 10.1 Å². The number of anilines is 1. The molecule has 0 bridgehead atoms. The number of nitrogens with zero attached hydrogens (tertiary/aromatic N) is 2. The first kappa shape index (κ1) is 21.2. The fraction of sp³-hybridized carbons (Fsp3) is 0.200. The van der Waals surface area contributed by atoms with Crippen LogP contribution in [0.1, 0.15) is 17.2 Å². The van der Waals surface area contributed by atoms with Crippen molar-refractivity contribution in [1.29, 1.82) is 0 Å². The Morgan fingerprint density at radius 2 is 1.88 bits per heavy atom. The first-order valence-corrected chi connectivity index (χ1v) is 11.5. The quantitative estimate of drug-likeness (QED) is 0.362. The molecule has 0 aliphatic carbocycles. The van der Waals surface area contributed by atoms with Gasteiger partial charge in [-0.2, -0.15) is 0 Å². The molecule has 33 heavy (non-hydrogen) atoms. The molecule has 0 atom stereocenters. The number of rotatable bonds is 7. The summed E-state index contributed by atoms with van der Waals surface area (Å²) < 4.78 is 30.3. The molecule has 2 aromatic carbocycles. The summed E-state index contributed by atoms with van der Waals surface area (Å²) in [6.45, 7) is 1.46. The van der Waals surface area contributed by atoms with Gasteiger partial charge in [0.2, 0.25) is 5.91 Å². The molecule has 8 heteroatoms. The highest BCUT2D eigenvalue weighted by Crippen LogP contribution is 2.35. The van der Waals surface area contributed by atoms with Crippen LogP contribution in [-0.4, -0.2) is 24.1 Å². The number of carbonyl (C=O) groups excluding carboxylic acids is 1. The van der Waals surface area contributed by atoms with E-state index in [9.17, 15) is 9.18 Å². The van der Waals surface area contributed by atoms with Crippen LogP contribution in [-0.2, 0) is 17.8 Å². The van der Waals surface area contributed by atoms with Crippen LogP contribution < -0.4 is 14.4 Å². The van der Waals surface area contributed by atoms with Crippen LogP contribution in [0.25, 0.3) is 11.3 Å². The Morgan fingerprint density at radius 1 is 1.06 bits per heavy atom. The van der Waals surface area contributed by atoms with Crippen molar-refractivity contribution in [1.82, 2.24) is 4.98 Å². The number of oxazole rings is 1. The minimum absolute atomic E-state index is 0.0541. The monoisotopic (exact) mass is 464 g/mol. The number of carbonyl (C=O) groups is 1. The molecule has 0 spiro atoms. The molecular formula is C25H21FN2O4S. The first-order valence-electron chi connectivity index (χ1n) is 10.6. The summed E-state index contributed by atoms with van der Waals surface area (Å²) in [5.74, 6) is 1.96. The van der Waals surface area contributed by atoms with E-state index in [0.29, 0.717) is 49.3 Å². The van der Waals surface area contributed by atoms with Crippen molar-refractivity contribution in [2.45, 2.75) is 19.4 Å². The Hall–Kier alpha value is -3.65. The number of benzene rings is 2. The minimum atomic E-state index is -0.311. The lowest BCUT2D eigenvalue weighted by atomic mass is 10.2. The Labute approximate surface area is 194 Å². The molecule has 5 rings (SSSR count). The lowest BCUT2D eigenvalue weighted by Gasteiger charge is -2.25. The summed E-state index contributed by atoms with van der Waals surface area (Å²) in [5.41, 5.74) is 1.48. The smallest absolute Gasteiger partial charge is 0.227 e. The Morgan fingerprint density at radius 3 is 2.67 bits per heavy atom. The van der Waals surface area contributed by atoms with Crippen molar-refractivity contribution in [3.63, 3.8) is 0 Å². The van der Waals surface area contributed by atoms with E-state index >= 15 is 0 Å². The number of amides is 1. The van der Waals surface area contributed by atoms with Gasteiger partial charge in [0.05, 0.1) is 12.7 Å². The van der Waals surface area contributed by atoms with Gasteiger partial charge in [-0.15, -0.1) is 11.3 Å². The highest BCUT2D eigenvalue weighted by Gasteiger charge is 2.21.